The summed E-state index contributed by atoms with van der Waals surface area (Å²) in [6, 6.07) is 6.46. The molecule has 3 nitrogen and oxygen atoms in total. The van der Waals surface area contributed by atoms with E-state index in [2.05, 4.69) is 11.0 Å². The summed E-state index contributed by atoms with van der Waals surface area (Å²) in [6.07, 6.45) is 6.97. The van der Waals surface area contributed by atoms with Gasteiger partial charge in [-0.1, -0.05) is 6.07 Å². The van der Waals surface area contributed by atoms with Crippen molar-refractivity contribution in [1.82, 2.24) is 4.90 Å². The number of aryl methyl sites for hydroxylation is 1. The minimum Gasteiger partial charge on any atom is -0.508 e. The number of hydrogen-bond donors (Lipinski definition) is 1. The Morgan fingerprint density at radius 1 is 1.11 bits per heavy atom. The van der Waals surface area contributed by atoms with Crippen LogP contribution in [0, 0.1) is 0 Å². The Morgan fingerprint density at radius 2 is 1.89 bits per heavy atom. The highest BCUT2D eigenvalue weighted by atomic mass is 16.5. The van der Waals surface area contributed by atoms with Gasteiger partial charge >= 0.3 is 0 Å². The van der Waals surface area contributed by atoms with Gasteiger partial charge in [0.2, 0.25) is 0 Å². The third kappa shape index (κ3) is 2.05. The first-order chi connectivity index (χ1) is 9.29. The smallest absolute Gasteiger partial charge is 0.115 e. The zero-order chi connectivity index (χ0) is 12.8. The number of aromatic hydroxyl groups is 1. The lowest BCUT2D eigenvalue weighted by atomic mass is 9.86. The second-order valence-electron chi connectivity index (χ2n) is 6.20. The molecule has 0 radical (unpaired) electrons. The van der Waals surface area contributed by atoms with Crippen molar-refractivity contribution in [3.8, 4) is 5.75 Å². The third-order valence-corrected chi connectivity index (χ3v) is 4.92. The predicted molar refractivity (Wildman–Crippen MR) is 73.3 cm³/mol. The molecular formula is C16H21NO2. The summed E-state index contributed by atoms with van der Waals surface area (Å²) >= 11 is 0. The monoisotopic (exact) mass is 259 g/mol. The van der Waals surface area contributed by atoms with Gasteiger partial charge in [-0.15, -0.1) is 0 Å². The highest BCUT2D eigenvalue weighted by Gasteiger charge is 2.37. The summed E-state index contributed by atoms with van der Waals surface area (Å²) in [6.45, 7) is 2.17. The van der Waals surface area contributed by atoms with Crippen LogP contribution in [0.1, 0.15) is 42.9 Å². The fourth-order valence-corrected chi connectivity index (χ4v) is 4.06. The minimum atomic E-state index is 0.404. The number of benzene rings is 1. The molecule has 102 valence electrons. The Hall–Kier alpha value is -1.06. The van der Waals surface area contributed by atoms with Gasteiger partial charge in [-0.3, -0.25) is 4.90 Å². The van der Waals surface area contributed by atoms with Crippen molar-refractivity contribution in [3.63, 3.8) is 0 Å². The lowest BCUT2D eigenvalue weighted by Gasteiger charge is -2.40. The number of likely N-dealkylation sites (tertiary alicyclic amines) is 1. The quantitative estimate of drug-likeness (QED) is 0.841. The van der Waals surface area contributed by atoms with Crippen molar-refractivity contribution in [1.29, 1.82) is 0 Å². The van der Waals surface area contributed by atoms with Crippen LogP contribution >= 0.6 is 0 Å². The summed E-state index contributed by atoms with van der Waals surface area (Å²) in [5.41, 5.74) is 2.78. The van der Waals surface area contributed by atoms with Crippen molar-refractivity contribution in [2.24, 2.45) is 0 Å². The largest absolute Gasteiger partial charge is 0.508 e. The maximum atomic E-state index is 9.65. The van der Waals surface area contributed by atoms with E-state index in [0.717, 1.165) is 19.5 Å². The summed E-state index contributed by atoms with van der Waals surface area (Å²) in [5, 5.41) is 9.65. The van der Waals surface area contributed by atoms with Crippen LogP contribution in [0.25, 0.3) is 0 Å². The summed E-state index contributed by atoms with van der Waals surface area (Å²) in [4.78, 5) is 2.63. The third-order valence-electron chi connectivity index (χ3n) is 4.92. The van der Waals surface area contributed by atoms with Crippen LogP contribution in [0.15, 0.2) is 18.2 Å². The molecule has 0 amide bonds. The van der Waals surface area contributed by atoms with E-state index in [0.29, 0.717) is 24.0 Å². The number of ether oxygens (including phenoxy) is 1. The Morgan fingerprint density at radius 3 is 2.68 bits per heavy atom. The van der Waals surface area contributed by atoms with E-state index in [-0.39, 0.29) is 0 Å². The molecule has 2 aliphatic heterocycles. The molecule has 2 fully saturated rings. The van der Waals surface area contributed by atoms with Gasteiger partial charge in [0.15, 0.2) is 0 Å². The molecule has 1 N–H and O–H groups in total. The lowest BCUT2D eigenvalue weighted by Crippen LogP contribution is -2.45. The highest BCUT2D eigenvalue weighted by Crippen LogP contribution is 2.39. The molecule has 0 aromatic heterocycles. The van der Waals surface area contributed by atoms with E-state index in [4.69, 9.17) is 4.74 Å². The summed E-state index contributed by atoms with van der Waals surface area (Å²) in [7, 11) is 0. The standard InChI is InChI=1S/C16H21NO2/c18-12-4-7-15-11(8-12)2-1-3-16(15)17-9-13-5-6-14(10-17)19-13/h4,7-8,13-14,16,18H,1-3,5-6,9-10H2. The topological polar surface area (TPSA) is 32.7 Å². The van der Waals surface area contributed by atoms with Crippen LogP contribution in [-0.2, 0) is 11.2 Å². The van der Waals surface area contributed by atoms with E-state index >= 15 is 0 Å². The summed E-state index contributed by atoms with van der Waals surface area (Å²) in [5.74, 6) is 0.404. The number of phenols is 1. The van der Waals surface area contributed by atoms with Gasteiger partial charge in [0.1, 0.15) is 5.75 Å². The molecule has 3 unspecified atom stereocenters. The molecule has 4 rings (SSSR count). The zero-order valence-electron chi connectivity index (χ0n) is 11.2. The first-order valence-corrected chi connectivity index (χ1v) is 7.51. The molecule has 1 aromatic carbocycles. The fourth-order valence-electron chi connectivity index (χ4n) is 4.06. The minimum absolute atomic E-state index is 0.404. The van der Waals surface area contributed by atoms with Crippen molar-refractivity contribution >= 4 is 0 Å². The summed E-state index contributed by atoms with van der Waals surface area (Å²) < 4.78 is 5.94. The molecule has 3 aliphatic rings. The van der Waals surface area contributed by atoms with Gasteiger partial charge in [-0.05, 0) is 55.4 Å². The van der Waals surface area contributed by atoms with E-state index < -0.39 is 0 Å². The Bertz CT molecular complexity index is 476. The SMILES string of the molecule is Oc1ccc2c(c1)CCCC2N1CC2CCC(C1)O2. The Kier molecular flexibility index (Phi) is 2.78. The number of phenolic OH excluding ortho intramolecular Hbond substituents is 1. The first kappa shape index (κ1) is 11.7. The zero-order valence-corrected chi connectivity index (χ0v) is 11.2. The fraction of sp³-hybridized carbons (Fsp3) is 0.625. The van der Waals surface area contributed by atoms with Gasteiger partial charge in [0, 0.05) is 19.1 Å². The van der Waals surface area contributed by atoms with Crippen molar-refractivity contribution in [2.45, 2.75) is 50.4 Å². The van der Waals surface area contributed by atoms with Crippen molar-refractivity contribution in [3.05, 3.63) is 29.3 Å². The van der Waals surface area contributed by atoms with E-state index in [9.17, 15) is 5.11 Å². The van der Waals surface area contributed by atoms with Crippen LogP contribution in [-0.4, -0.2) is 35.3 Å². The first-order valence-electron chi connectivity index (χ1n) is 7.51. The normalized spacial score (nSPS) is 34.2. The number of morpholine rings is 1. The molecule has 0 saturated carbocycles. The van der Waals surface area contributed by atoms with Gasteiger partial charge in [-0.2, -0.15) is 0 Å². The molecule has 3 heteroatoms. The number of rotatable bonds is 1. The van der Waals surface area contributed by atoms with Crippen LogP contribution in [0.5, 0.6) is 5.75 Å². The molecular weight excluding hydrogens is 238 g/mol. The maximum Gasteiger partial charge on any atom is 0.115 e. The molecule has 1 aromatic rings. The number of fused-ring (bicyclic) bond motifs is 3. The van der Waals surface area contributed by atoms with Crippen LogP contribution in [0.2, 0.25) is 0 Å². The van der Waals surface area contributed by atoms with E-state index in [1.165, 1.54) is 36.8 Å². The van der Waals surface area contributed by atoms with Crippen LogP contribution < -0.4 is 0 Å². The Labute approximate surface area is 114 Å². The number of hydrogen-bond acceptors (Lipinski definition) is 3. The van der Waals surface area contributed by atoms with Gasteiger partial charge < -0.3 is 9.84 Å². The molecule has 1 aliphatic carbocycles. The molecule has 19 heavy (non-hydrogen) atoms. The van der Waals surface area contributed by atoms with Crippen LogP contribution in [0.3, 0.4) is 0 Å². The van der Waals surface area contributed by atoms with E-state index in [1.807, 2.05) is 12.1 Å². The van der Waals surface area contributed by atoms with Gasteiger partial charge in [-0.25, -0.2) is 0 Å². The molecule has 2 bridgehead atoms. The van der Waals surface area contributed by atoms with Gasteiger partial charge in [0.25, 0.3) is 0 Å². The van der Waals surface area contributed by atoms with Crippen LogP contribution in [0.4, 0.5) is 0 Å². The predicted octanol–water partition coefficient (Wildman–Crippen LogP) is 2.63. The highest BCUT2D eigenvalue weighted by molar-refractivity contribution is 5.38. The Balaban J connectivity index is 1.63. The second-order valence-corrected chi connectivity index (χ2v) is 6.20. The molecule has 2 heterocycles. The second kappa shape index (κ2) is 4.50. The molecule has 2 saturated heterocycles. The van der Waals surface area contributed by atoms with Crippen molar-refractivity contribution < 1.29 is 9.84 Å². The lowest BCUT2D eigenvalue weighted by molar-refractivity contribution is -0.0555. The average Bonchev–Trinajstić information content (AvgIpc) is 2.76. The molecule has 0 spiro atoms. The number of nitrogens with zero attached hydrogens (tertiary/aromatic N) is 1. The van der Waals surface area contributed by atoms with E-state index in [1.54, 1.807) is 0 Å². The average molecular weight is 259 g/mol. The molecule has 3 atom stereocenters. The van der Waals surface area contributed by atoms with Crippen molar-refractivity contribution in [2.75, 3.05) is 13.1 Å². The van der Waals surface area contributed by atoms with Gasteiger partial charge in [0.05, 0.1) is 12.2 Å². The maximum absolute atomic E-state index is 9.65.